The Bertz CT molecular complexity index is 546. The molecule has 2 rings (SSSR count). The van der Waals surface area contributed by atoms with Crippen LogP contribution >= 0.6 is 0 Å². The van der Waals surface area contributed by atoms with E-state index in [0.717, 1.165) is 11.1 Å². The SMILES string of the molecule is Cc1ccc(-c2cc(C(=O)NCCCO)on2)cc1. The maximum Gasteiger partial charge on any atom is 0.289 e. The molecule has 19 heavy (non-hydrogen) atoms. The lowest BCUT2D eigenvalue weighted by molar-refractivity contribution is 0.0914. The summed E-state index contributed by atoms with van der Waals surface area (Å²) in [5, 5.41) is 15.2. The molecule has 0 saturated carbocycles. The summed E-state index contributed by atoms with van der Waals surface area (Å²) in [5.74, 6) is -0.146. The van der Waals surface area contributed by atoms with Gasteiger partial charge in [0.25, 0.3) is 5.91 Å². The highest BCUT2D eigenvalue weighted by molar-refractivity contribution is 5.92. The van der Waals surface area contributed by atoms with Gasteiger partial charge in [-0.05, 0) is 13.3 Å². The zero-order valence-corrected chi connectivity index (χ0v) is 10.7. The van der Waals surface area contributed by atoms with E-state index in [0.29, 0.717) is 18.7 Å². The second kappa shape index (κ2) is 6.15. The molecule has 2 aromatic rings. The Labute approximate surface area is 111 Å². The van der Waals surface area contributed by atoms with Gasteiger partial charge in [-0.2, -0.15) is 0 Å². The molecule has 1 amide bonds. The van der Waals surface area contributed by atoms with E-state index in [9.17, 15) is 4.79 Å². The molecule has 5 heteroatoms. The van der Waals surface area contributed by atoms with Crippen LogP contribution in [0.3, 0.4) is 0 Å². The second-order valence-corrected chi connectivity index (χ2v) is 4.28. The van der Waals surface area contributed by atoms with E-state index in [-0.39, 0.29) is 18.3 Å². The average molecular weight is 260 g/mol. The number of benzene rings is 1. The lowest BCUT2D eigenvalue weighted by Gasteiger charge is -1.99. The van der Waals surface area contributed by atoms with Crippen molar-refractivity contribution in [1.82, 2.24) is 10.5 Å². The largest absolute Gasteiger partial charge is 0.396 e. The van der Waals surface area contributed by atoms with Crippen molar-refractivity contribution in [3.8, 4) is 11.3 Å². The Balaban J connectivity index is 2.06. The molecule has 100 valence electrons. The number of aryl methyl sites for hydroxylation is 1. The minimum Gasteiger partial charge on any atom is -0.396 e. The molecule has 0 fully saturated rings. The minimum atomic E-state index is -0.320. The summed E-state index contributed by atoms with van der Waals surface area (Å²) in [4.78, 5) is 11.7. The molecule has 0 atom stereocenters. The summed E-state index contributed by atoms with van der Waals surface area (Å²) in [5.41, 5.74) is 2.70. The number of aromatic nitrogens is 1. The second-order valence-electron chi connectivity index (χ2n) is 4.28. The van der Waals surface area contributed by atoms with Crippen LogP contribution in [-0.2, 0) is 0 Å². The highest BCUT2D eigenvalue weighted by Crippen LogP contribution is 2.19. The van der Waals surface area contributed by atoms with Crippen molar-refractivity contribution in [2.75, 3.05) is 13.2 Å². The van der Waals surface area contributed by atoms with Crippen LogP contribution in [0.15, 0.2) is 34.9 Å². The Kier molecular flexibility index (Phi) is 4.30. The molecule has 0 spiro atoms. The van der Waals surface area contributed by atoms with Gasteiger partial charge in [-0.3, -0.25) is 4.79 Å². The van der Waals surface area contributed by atoms with Crippen LogP contribution in [0, 0.1) is 6.92 Å². The summed E-state index contributed by atoms with van der Waals surface area (Å²) in [7, 11) is 0. The summed E-state index contributed by atoms with van der Waals surface area (Å²) < 4.78 is 5.02. The molecule has 5 nitrogen and oxygen atoms in total. The number of aliphatic hydroxyl groups is 1. The molecule has 0 unspecified atom stereocenters. The summed E-state index contributed by atoms with van der Waals surface area (Å²) in [6, 6.07) is 9.43. The first kappa shape index (κ1) is 13.3. The average Bonchev–Trinajstić information content (AvgIpc) is 2.89. The van der Waals surface area contributed by atoms with Gasteiger partial charge >= 0.3 is 0 Å². The maximum atomic E-state index is 11.7. The van der Waals surface area contributed by atoms with E-state index in [2.05, 4.69) is 10.5 Å². The number of nitrogens with zero attached hydrogens (tertiary/aromatic N) is 1. The van der Waals surface area contributed by atoms with E-state index in [4.69, 9.17) is 9.63 Å². The molecule has 1 aromatic heterocycles. The number of carbonyl (C=O) groups is 1. The van der Waals surface area contributed by atoms with Crippen LogP contribution in [0.2, 0.25) is 0 Å². The van der Waals surface area contributed by atoms with Gasteiger partial charge in [0.05, 0.1) is 0 Å². The lowest BCUT2D eigenvalue weighted by atomic mass is 10.1. The summed E-state index contributed by atoms with van der Waals surface area (Å²) >= 11 is 0. The fourth-order valence-electron chi connectivity index (χ4n) is 1.61. The molecular weight excluding hydrogens is 244 g/mol. The highest BCUT2D eigenvalue weighted by Gasteiger charge is 2.13. The van der Waals surface area contributed by atoms with Crippen LogP contribution in [-0.4, -0.2) is 29.3 Å². The number of hydrogen-bond donors (Lipinski definition) is 2. The number of rotatable bonds is 5. The van der Waals surface area contributed by atoms with E-state index in [1.165, 1.54) is 0 Å². The zero-order chi connectivity index (χ0) is 13.7. The van der Waals surface area contributed by atoms with Gasteiger partial charge in [-0.25, -0.2) is 0 Å². The van der Waals surface area contributed by atoms with Gasteiger partial charge in [-0.1, -0.05) is 35.0 Å². The Morgan fingerprint density at radius 3 is 2.79 bits per heavy atom. The van der Waals surface area contributed by atoms with Crippen LogP contribution in [0.5, 0.6) is 0 Å². The molecule has 1 aromatic carbocycles. The van der Waals surface area contributed by atoms with Crippen molar-refractivity contribution >= 4 is 5.91 Å². The number of aliphatic hydroxyl groups excluding tert-OH is 1. The van der Waals surface area contributed by atoms with Gasteiger partial charge in [0.15, 0.2) is 0 Å². The smallest absolute Gasteiger partial charge is 0.289 e. The van der Waals surface area contributed by atoms with Crippen molar-refractivity contribution in [3.05, 3.63) is 41.7 Å². The molecule has 2 N–H and O–H groups in total. The van der Waals surface area contributed by atoms with Crippen LogP contribution < -0.4 is 5.32 Å². The van der Waals surface area contributed by atoms with Gasteiger partial charge in [-0.15, -0.1) is 0 Å². The monoisotopic (exact) mass is 260 g/mol. The predicted octanol–water partition coefficient (Wildman–Crippen LogP) is 1.76. The van der Waals surface area contributed by atoms with Crippen molar-refractivity contribution < 1.29 is 14.4 Å². The molecular formula is C14H16N2O3. The van der Waals surface area contributed by atoms with Crippen LogP contribution in [0.1, 0.15) is 22.5 Å². The molecule has 0 bridgehead atoms. The summed E-state index contributed by atoms with van der Waals surface area (Å²) in [6.45, 7) is 2.47. The normalized spacial score (nSPS) is 10.4. The van der Waals surface area contributed by atoms with E-state index in [1.807, 2.05) is 31.2 Å². The van der Waals surface area contributed by atoms with Gasteiger partial charge in [0.2, 0.25) is 5.76 Å². The Hall–Kier alpha value is -2.14. The van der Waals surface area contributed by atoms with E-state index < -0.39 is 0 Å². The number of amides is 1. The first-order chi connectivity index (χ1) is 9.20. The Morgan fingerprint density at radius 1 is 1.37 bits per heavy atom. The van der Waals surface area contributed by atoms with E-state index in [1.54, 1.807) is 6.07 Å². The summed E-state index contributed by atoms with van der Waals surface area (Å²) in [6.07, 6.45) is 0.519. The van der Waals surface area contributed by atoms with Crippen LogP contribution in [0.25, 0.3) is 11.3 Å². The third kappa shape index (κ3) is 3.42. The standard InChI is InChI=1S/C14H16N2O3/c1-10-3-5-11(6-4-10)12-9-13(19-16-12)14(18)15-7-2-8-17/h3-6,9,17H,2,7-8H2,1H3,(H,15,18). The van der Waals surface area contributed by atoms with Gasteiger partial charge < -0.3 is 14.9 Å². The third-order valence-electron chi connectivity index (χ3n) is 2.70. The molecule has 1 heterocycles. The van der Waals surface area contributed by atoms with E-state index >= 15 is 0 Å². The lowest BCUT2D eigenvalue weighted by Crippen LogP contribution is -2.24. The first-order valence-electron chi connectivity index (χ1n) is 6.13. The maximum absolute atomic E-state index is 11.7. The highest BCUT2D eigenvalue weighted by atomic mass is 16.5. The molecule has 0 aliphatic heterocycles. The molecule has 0 saturated heterocycles. The van der Waals surface area contributed by atoms with Crippen molar-refractivity contribution in [1.29, 1.82) is 0 Å². The predicted molar refractivity (Wildman–Crippen MR) is 70.7 cm³/mol. The number of hydrogen-bond acceptors (Lipinski definition) is 4. The van der Waals surface area contributed by atoms with Crippen molar-refractivity contribution in [2.45, 2.75) is 13.3 Å². The molecule has 0 aliphatic rings. The molecule has 0 aliphatic carbocycles. The molecule has 0 radical (unpaired) electrons. The first-order valence-corrected chi connectivity index (χ1v) is 6.13. The Morgan fingerprint density at radius 2 is 2.11 bits per heavy atom. The minimum absolute atomic E-state index is 0.0469. The fourth-order valence-corrected chi connectivity index (χ4v) is 1.61. The van der Waals surface area contributed by atoms with Crippen LogP contribution in [0.4, 0.5) is 0 Å². The number of nitrogens with one attached hydrogen (secondary N) is 1. The van der Waals surface area contributed by atoms with Gasteiger partial charge in [0.1, 0.15) is 5.69 Å². The van der Waals surface area contributed by atoms with Crippen molar-refractivity contribution in [3.63, 3.8) is 0 Å². The topological polar surface area (TPSA) is 75.4 Å². The fraction of sp³-hybridized carbons (Fsp3) is 0.286. The third-order valence-corrected chi connectivity index (χ3v) is 2.70. The number of carbonyl (C=O) groups excluding carboxylic acids is 1. The zero-order valence-electron chi connectivity index (χ0n) is 10.7. The van der Waals surface area contributed by atoms with Crippen molar-refractivity contribution in [2.24, 2.45) is 0 Å². The quantitative estimate of drug-likeness (QED) is 0.803. The van der Waals surface area contributed by atoms with Gasteiger partial charge in [0, 0.05) is 24.8 Å².